The van der Waals surface area contributed by atoms with Gasteiger partial charge in [0.05, 0.1) is 0 Å². The lowest BCUT2D eigenvalue weighted by molar-refractivity contribution is -0.177. The molecule has 0 amide bonds. The summed E-state index contributed by atoms with van der Waals surface area (Å²) in [5.74, 6) is 0.507. The van der Waals surface area contributed by atoms with Gasteiger partial charge >= 0.3 is 6.18 Å². The van der Waals surface area contributed by atoms with Crippen molar-refractivity contribution in [1.29, 1.82) is 0 Å². The molecule has 0 aliphatic carbocycles. The maximum absolute atomic E-state index is 11.8. The van der Waals surface area contributed by atoms with Crippen LogP contribution in [0.15, 0.2) is 4.52 Å². The summed E-state index contributed by atoms with van der Waals surface area (Å²) < 4.78 is 44.7. The normalized spacial score (nSPS) is 12.3. The van der Waals surface area contributed by atoms with Gasteiger partial charge in [-0.25, -0.2) is 0 Å². The largest absolute Gasteiger partial charge is 0.411 e. The summed E-state index contributed by atoms with van der Waals surface area (Å²) in [6, 6.07) is 0.350. The van der Waals surface area contributed by atoms with E-state index in [1.165, 1.54) is 0 Å². The van der Waals surface area contributed by atoms with Crippen LogP contribution in [0.4, 0.5) is 13.2 Å². The lowest BCUT2D eigenvalue weighted by atomic mass is 10.3. The van der Waals surface area contributed by atoms with E-state index in [2.05, 4.69) is 20.2 Å². The minimum absolute atomic E-state index is 0.124. The Morgan fingerprint density at radius 1 is 1.39 bits per heavy atom. The van der Waals surface area contributed by atoms with Crippen LogP contribution in [0, 0.1) is 0 Å². The average molecular weight is 267 g/mol. The summed E-state index contributed by atoms with van der Waals surface area (Å²) in [7, 11) is 0. The number of hydrogen-bond acceptors (Lipinski definition) is 5. The molecule has 0 radical (unpaired) electrons. The standard InChI is InChI=1S/C10H16F3N3O2/c1-7(2)14-4-3-9-15-8(16-18-9)5-17-6-10(11,12)13/h7,14H,3-6H2,1-2H3. The summed E-state index contributed by atoms with van der Waals surface area (Å²) in [5.41, 5.74) is 0. The molecule has 0 aliphatic heterocycles. The van der Waals surface area contributed by atoms with Crippen LogP contribution in [0.2, 0.25) is 0 Å². The van der Waals surface area contributed by atoms with Crippen LogP contribution in [-0.4, -0.2) is 35.5 Å². The number of nitrogens with one attached hydrogen (secondary N) is 1. The third-order valence-electron chi connectivity index (χ3n) is 1.90. The molecule has 0 saturated carbocycles. The summed E-state index contributed by atoms with van der Waals surface area (Å²) in [4.78, 5) is 3.92. The molecule has 1 heterocycles. The number of aromatic nitrogens is 2. The van der Waals surface area contributed by atoms with Crippen molar-refractivity contribution in [2.75, 3.05) is 13.2 Å². The minimum atomic E-state index is -4.34. The van der Waals surface area contributed by atoms with Crippen molar-refractivity contribution in [2.24, 2.45) is 0 Å². The topological polar surface area (TPSA) is 60.2 Å². The zero-order valence-corrected chi connectivity index (χ0v) is 10.3. The van der Waals surface area contributed by atoms with Crippen LogP contribution >= 0.6 is 0 Å². The second kappa shape index (κ2) is 6.69. The maximum atomic E-state index is 11.8. The van der Waals surface area contributed by atoms with E-state index in [9.17, 15) is 13.2 Å². The fraction of sp³-hybridized carbons (Fsp3) is 0.800. The molecule has 1 aromatic rings. The molecule has 8 heteroatoms. The maximum Gasteiger partial charge on any atom is 0.411 e. The molecule has 0 aromatic carbocycles. The fourth-order valence-corrected chi connectivity index (χ4v) is 1.18. The minimum Gasteiger partial charge on any atom is -0.364 e. The van der Waals surface area contributed by atoms with Gasteiger partial charge in [0, 0.05) is 19.0 Å². The summed E-state index contributed by atoms with van der Waals surface area (Å²) in [6.45, 7) is 3.06. The Kier molecular flexibility index (Phi) is 5.54. The van der Waals surface area contributed by atoms with Gasteiger partial charge < -0.3 is 14.6 Å². The Labute approximate surface area is 103 Å². The number of ether oxygens (including phenoxy) is 1. The Bertz CT molecular complexity index is 352. The van der Waals surface area contributed by atoms with Gasteiger partial charge in [0.25, 0.3) is 0 Å². The second-order valence-corrected chi connectivity index (χ2v) is 4.07. The van der Waals surface area contributed by atoms with E-state index in [4.69, 9.17) is 4.52 Å². The van der Waals surface area contributed by atoms with E-state index >= 15 is 0 Å². The smallest absolute Gasteiger partial charge is 0.364 e. The number of hydrogen-bond donors (Lipinski definition) is 1. The molecular formula is C10H16F3N3O2. The molecule has 0 atom stereocenters. The molecule has 0 bridgehead atoms. The van der Waals surface area contributed by atoms with E-state index in [0.717, 1.165) is 0 Å². The van der Waals surface area contributed by atoms with E-state index in [1.54, 1.807) is 0 Å². The molecule has 0 saturated heterocycles. The van der Waals surface area contributed by atoms with Gasteiger partial charge in [-0.05, 0) is 0 Å². The van der Waals surface area contributed by atoms with E-state index in [0.29, 0.717) is 24.9 Å². The zero-order chi connectivity index (χ0) is 13.6. The van der Waals surface area contributed by atoms with Crippen molar-refractivity contribution >= 4 is 0 Å². The van der Waals surface area contributed by atoms with Crippen molar-refractivity contribution < 1.29 is 22.4 Å². The first kappa shape index (κ1) is 14.9. The molecule has 0 unspecified atom stereocenters. The van der Waals surface area contributed by atoms with Gasteiger partial charge in [-0.1, -0.05) is 19.0 Å². The Balaban J connectivity index is 2.26. The predicted octanol–water partition coefficient (Wildman–Crippen LogP) is 1.69. The zero-order valence-electron chi connectivity index (χ0n) is 10.3. The van der Waals surface area contributed by atoms with E-state index in [1.807, 2.05) is 13.8 Å². The van der Waals surface area contributed by atoms with E-state index < -0.39 is 12.8 Å². The molecule has 18 heavy (non-hydrogen) atoms. The highest BCUT2D eigenvalue weighted by Crippen LogP contribution is 2.15. The first-order chi connectivity index (χ1) is 8.37. The highest BCUT2D eigenvalue weighted by Gasteiger charge is 2.27. The molecule has 0 spiro atoms. The Hall–Kier alpha value is -1.15. The molecule has 1 N–H and O–H groups in total. The SMILES string of the molecule is CC(C)NCCc1nc(COCC(F)(F)F)no1. The highest BCUT2D eigenvalue weighted by atomic mass is 19.4. The third kappa shape index (κ3) is 6.55. The van der Waals surface area contributed by atoms with Gasteiger partial charge in [0.1, 0.15) is 13.2 Å². The Morgan fingerprint density at radius 2 is 2.11 bits per heavy atom. The van der Waals surface area contributed by atoms with Crippen LogP contribution in [-0.2, 0) is 17.8 Å². The first-order valence-electron chi connectivity index (χ1n) is 5.56. The van der Waals surface area contributed by atoms with Crippen LogP contribution < -0.4 is 5.32 Å². The van der Waals surface area contributed by atoms with Gasteiger partial charge in [-0.2, -0.15) is 18.2 Å². The lowest BCUT2D eigenvalue weighted by Crippen LogP contribution is -2.25. The predicted molar refractivity (Wildman–Crippen MR) is 56.9 cm³/mol. The first-order valence-corrected chi connectivity index (χ1v) is 5.56. The van der Waals surface area contributed by atoms with Crippen molar-refractivity contribution in [3.63, 3.8) is 0 Å². The van der Waals surface area contributed by atoms with Gasteiger partial charge in [-0.15, -0.1) is 0 Å². The molecule has 5 nitrogen and oxygen atoms in total. The number of alkyl halides is 3. The molecule has 1 aromatic heterocycles. The number of rotatable bonds is 7. The molecule has 0 aliphatic rings. The van der Waals surface area contributed by atoms with Crippen LogP contribution in [0.5, 0.6) is 0 Å². The molecular weight excluding hydrogens is 251 g/mol. The molecule has 104 valence electrons. The van der Waals surface area contributed by atoms with Crippen LogP contribution in [0.25, 0.3) is 0 Å². The third-order valence-corrected chi connectivity index (χ3v) is 1.90. The van der Waals surface area contributed by atoms with Crippen LogP contribution in [0.3, 0.4) is 0 Å². The van der Waals surface area contributed by atoms with Crippen molar-refractivity contribution in [2.45, 2.75) is 39.1 Å². The highest BCUT2D eigenvalue weighted by molar-refractivity contribution is 4.85. The second-order valence-electron chi connectivity index (χ2n) is 4.07. The van der Waals surface area contributed by atoms with Crippen molar-refractivity contribution in [3.05, 3.63) is 11.7 Å². The monoisotopic (exact) mass is 267 g/mol. The van der Waals surface area contributed by atoms with Crippen LogP contribution in [0.1, 0.15) is 25.6 Å². The fourth-order valence-electron chi connectivity index (χ4n) is 1.18. The van der Waals surface area contributed by atoms with Crippen molar-refractivity contribution in [3.8, 4) is 0 Å². The van der Waals surface area contributed by atoms with Gasteiger partial charge in [0.2, 0.25) is 5.89 Å². The summed E-state index contributed by atoms with van der Waals surface area (Å²) >= 11 is 0. The molecule has 1 rings (SSSR count). The van der Waals surface area contributed by atoms with Gasteiger partial charge in [-0.3, -0.25) is 0 Å². The average Bonchev–Trinajstić information content (AvgIpc) is 2.63. The molecule has 0 fully saturated rings. The number of nitrogens with zero attached hydrogens (tertiary/aromatic N) is 2. The number of halogens is 3. The quantitative estimate of drug-likeness (QED) is 0.814. The summed E-state index contributed by atoms with van der Waals surface area (Å²) in [5, 5.41) is 6.69. The summed E-state index contributed by atoms with van der Waals surface area (Å²) in [6.07, 6.45) is -3.81. The van der Waals surface area contributed by atoms with Gasteiger partial charge in [0.15, 0.2) is 5.82 Å². The Morgan fingerprint density at radius 3 is 2.72 bits per heavy atom. The lowest BCUT2D eigenvalue weighted by Gasteiger charge is -2.05. The van der Waals surface area contributed by atoms with E-state index in [-0.39, 0.29) is 12.4 Å². The van der Waals surface area contributed by atoms with Crippen molar-refractivity contribution in [1.82, 2.24) is 15.5 Å².